The number of hydrogen-bond donors (Lipinski definition) is 0. The van der Waals surface area contributed by atoms with Crippen LogP contribution in [-0.4, -0.2) is 56.2 Å². The number of ether oxygens (including phenoxy) is 1. The molecule has 3 rings (SSSR count). The van der Waals surface area contributed by atoms with Gasteiger partial charge in [0.05, 0.1) is 6.61 Å². The van der Waals surface area contributed by atoms with Crippen LogP contribution in [0, 0.1) is 5.92 Å². The largest absolute Gasteiger partial charge is 0.383 e. The highest BCUT2D eigenvalue weighted by Crippen LogP contribution is 2.42. The molecule has 2 fully saturated rings. The fourth-order valence-electron chi connectivity index (χ4n) is 4.22. The minimum Gasteiger partial charge on any atom is -0.383 e. The molecule has 0 amide bonds. The van der Waals surface area contributed by atoms with Gasteiger partial charge in [-0.15, -0.1) is 0 Å². The second kappa shape index (κ2) is 8.98. The quantitative estimate of drug-likeness (QED) is 0.686. The fraction of sp³-hybridized carbons (Fsp3) is 0.714. The van der Waals surface area contributed by atoms with E-state index in [9.17, 15) is 0 Å². The lowest BCUT2D eigenvalue weighted by atomic mass is 9.71. The summed E-state index contributed by atoms with van der Waals surface area (Å²) in [6.45, 7) is 10.2. The Balaban J connectivity index is 1.42. The molecule has 0 radical (unpaired) electrons. The predicted octanol–water partition coefficient (Wildman–Crippen LogP) is 3.74. The first kappa shape index (κ1) is 17.9. The van der Waals surface area contributed by atoms with E-state index in [1.807, 2.05) is 0 Å². The van der Waals surface area contributed by atoms with Crippen LogP contribution >= 0.6 is 0 Å². The third-order valence-corrected chi connectivity index (χ3v) is 5.87. The highest BCUT2D eigenvalue weighted by atomic mass is 16.5. The van der Waals surface area contributed by atoms with Crippen molar-refractivity contribution in [1.82, 2.24) is 9.80 Å². The second-order valence-electron chi connectivity index (χ2n) is 7.65. The van der Waals surface area contributed by atoms with Crippen LogP contribution in [0.2, 0.25) is 0 Å². The first-order chi connectivity index (χ1) is 11.8. The zero-order valence-electron chi connectivity index (χ0n) is 15.5. The van der Waals surface area contributed by atoms with Gasteiger partial charge in [0.15, 0.2) is 0 Å². The number of methoxy groups -OCH3 is 1. The van der Waals surface area contributed by atoms with E-state index in [1.54, 1.807) is 12.7 Å². The smallest absolute Gasteiger partial charge is 0.0589 e. The van der Waals surface area contributed by atoms with E-state index in [1.165, 1.54) is 50.9 Å². The van der Waals surface area contributed by atoms with Crippen LogP contribution in [-0.2, 0) is 11.3 Å². The van der Waals surface area contributed by atoms with Crippen molar-refractivity contribution in [3.8, 4) is 0 Å². The van der Waals surface area contributed by atoms with Gasteiger partial charge >= 0.3 is 0 Å². The molecule has 0 bridgehead atoms. The molecule has 1 saturated heterocycles. The molecule has 24 heavy (non-hydrogen) atoms. The average Bonchev–Trinajstić information content (AvgIpc) is 3.07. The van der Waals surface area contributed by atoms with E-state index >= 15 is 0 Å². The lowest BCUT2D eigenvalue weighted by Gasteiger charge is -2.39. The van der Waals surface area contributed by atoms with E-state index in [0.29, 0.717) is 0 Å². The van der Waals surface area contributed by atoms with Crippen molar-refractivity contribution in [1.29, 1.82) is 0 Å². The monoisotopic (exact) mass is 330 g/mol. The Kier molecular flexibility index (Phi) is 6.70. The number of likely N-dealkylation sites (tertiary alicyclic amines) is 1. The summed E-state index contributed by atoms with van der Waals surface area (Å²) in [6, 6.07) is 9.49. The minimum atomic E-state index is 0.789. The summed E-state index contributed by atoms with van der Waals surface area (Å²) in [5.74, 6) is 1.66. The van der Waals surface area contributed by atoms with Gasteiger partial charge in [0, 0.05) is 26.7 Å². The Morgan fingerprint density at radius 2 is 1.83 bits per heavy atom. The molecule has 1 aromatic rings. The molecule has 0 unspecified atom stereocenters. The maximum absolute atomic E-state index is 5.21. The molecule has 1 aliphatic carbocycles. The Labute approximate surface area is 148 Å². The van der Waals surface area contributed by atoms with Crippen molar-refractivity contribution in [2.75, 3.05) is 46.4 Å². The van der Waals surface area contributed by atoms with Gasteiger partial charge in [-0.25, -0.2) is 0 Å². The summed E-state index contributed by atoms with van der Waals surface area (Å²) in [4.78, 5) is 5.11. The number of likely N-dealkylation sites (N-methyl/N-ethyl adjacent to an activating group) is 1. The van der Waals surface area contributed by atoms with Crippen LogP contribution in [0.25, 0.3) is 0 Å². The summed E-state index contributed by atoms with van der Waals surface area (Å²) in [6.07, 6.45) is 5.46. The van der Waals surface area contributed by atoms with E-state index in [-0.39, 0.29) is 0 Å². The zero-order valence-corrected chi connectivity index (χ0v) is 15.5. The van der Waals surface area contributed by atoms with E-state index in [2.05, 4.69) is 41.0 Å². The molecular formula is C21H34N2O. The van der Waals surface area contributed by atoms with Gasteiger partial charge in [-0.05, 0) is 68.3 Å². The zero-order chi connectivity index (χ0) is 16.8. The summed E-state index contributed by atoms with van der Waals surface area (Å²) in [5.41, 5.74) is 3.03. The number of nitrogens with zero attached hydrogens (tertiary/aromatic N) is 2. The second-order valence-corrected chi connectivity index (χ2v) is 7.65. The van der Waals surface area contributed by atoms with Crippen molar-refractivity contribution in [3.63, 3.8) is 0 Å². The molecule has 134 valence electrons. The molecule has 0 N–H and O–H groups in total. The molecule has 0 atom stereocenters. The van der Waals surface area contributed by atoms with Crippen molar-refractivity contribution < 1.29 is 4.74 Å². The number of benzene rings is 1. The van der Waals surface area contributed by atoms with Gasteiger partial charge in [0.25, 0.3) is 0 Å². The summed E-state index contributed by atoms with van der Waals surface area (Å²) in [7, 11) is 1.79. The van der Waals surface area contributed by atoms with Crippen molar-refractivity contribution in [3.05, 3.63) is 35.4 Å². The first-order valence-electron chi connectivity index (χ1n) is 9.81. The molecule has 2 aliphatic rings. The standard InChI is InChI=1S/C21H34N2O/c1-3-22(12-13-24-2)17-19-14-21(15-19)20-8-6-18(7-9-20)16-23-10-4-5-11-23/h6-9,19,21H,3-5,10-17H2,1-2H3. The van der Waals surface area contributed by atoms with E-state index in [4.69, 9.17) is 4.74 Å². The highest BCUT2D eigenvalue weighted by molar-refractivity contribution is 5.27. The summed E-state index contributed by atoms with van der Waals surface area (Å²) < 4.78 is 5.21. The minimum absolute atomic E-state index is 0.789. The molecule has 1 aromatic carbocycles. The predicted molar refractivity (Wildman–Crippen MR) is 100 cm³/mol. The Morgan fingerprint density at radius 1 is 1.12 bits per heavy atom. The molecule has 1 aliphatic heterocycles. The Bertz CT molecular complexity index is 475. The Morgan fingerprint density at radius 3 is 2.46 bits per heavy atom. The maximum Gasteiger partial charge on any atom is 0.0589 e. The number of hydrogen-bond acceptors (Lipinski definition) is 3. The third-order valence-electron chi connectivity index (χ3n) is 5.87. The molecule has 1 heterocycles. The van der Waals surface area contributed by atoms with Gasteiger partial charge in [0.2, 0.25) is 0 Å². The van der Waals surface area contributed by atoms with Crippen LogP contribution < -0.4 is 0 Å². The van der Waals surface area contributed by atoms with Crippen LogP contribution in [0.1, 0.15) is 49.7 Å². The van der Waals surface area contributed by atoms with Gasteiger partial charge in [-0.2, -0.15) is 0 Å². The molecule has 0 spiro atoms. The van der Waals surface area contributed by atoms with Crippen LogP contribution in [0.3, 0.4) is 0 Å². The molecule has 3 nitrogen and oxygen atoms in total. The SMILES string of the molecule is CCN(CCOC)CC1CC(c2ccc(CN3CCCC3)cc2)C1. The maximum atomic E-state index is 5.21. The van der Waals surface area contributed by atoms with Crippen molar-refractivity contribution >= 4 is 0 Å². The number of rotatable bonds is 9. The molecule has 0 aromatic heterocycles. The van der Waals surface area contributed by atoms with E-state index < -0.39 is 0 Å². The lowest BCUT2D eigenvalue weighted by Crippen LogP contribution is -2.37. The van der Waals surface area contributed by atoms with Crippen LogP contribution in [0.15, 0.2) is 24.3 Å². The molecule has 3 heteroatoms. The van der Waals surface area contributed by atoms with Crippen LogP contribution in [0.4, 0.5) is 0 Å². The molecule has 1 saturated carbocycles. The summed E-state index contributed by atoms with van der Waals surface area (Å²) in [5, 5.41) is 0. The lowest BCUT2D eigenvalue weighted by molar-refractivity contribution is 0.117. The molecular weight excluding hydrogens is 296 g/mol. The highest BCUT2D eigenvalue weighted by Gasteiger charge is 2.31. The van der Waals surface area contributed by atoms with E-state index in [0.717, 1.165) is 38.1 Å². The van der Waals surface area contributed by atoms with Gasteiger partial charge < -0.3 is 9.64 Å². The normalized spacial score (nSPS) is 24.5. The van der Waals surface area contributed by atoms with Gasteiger partial charge in [0.1, 0.15) is 0 Å². The Hall–Kier alpha value is -0.900. The summed E-state index contributed by atoms with van der Waals surface area (Å²) >= 11 is 0. The topological polar surface area (TPSA) is 15.7 Å². The van der Waals surface area contributed by atoms with Crippen molar-refractivity contribution in [2.45, 2.75) is 45.1 Å². The van der Waals surface area contributed by atoms with Crippen molar-refractivity contribution in [2.24, 2.45) is 5.92 Å². The van der Waals surface area contributed by atoms with Gasteiger partial charge in [-0.1, -0.05) is 31.2 Å². The average molecular weight is 331 g/mol. The first-order valence-corrected chi connectivity index (χ1v) is 9.81. The van der Waals surface area contributed by atoms with Gasteiger partial charge in [-0.3, -0.25) is 4.90 Å². The fourth-order valence-corrected chi connectivity index (χ4v) is 4.22. The third kappa shape index (κ3) is 4.81. The van der Waals surface area contributed by atoms with Crippen LogP contribution in [0.5, 0.6) is 0 Å².